The Labute approximate surface area is 85.5 Å². The van der Waals surface area contributed by atoms with E-state index >= 15 is 0 Å². The summed E-state index contributed by atoms with van der Waals surface area (Å²) in [6, 6.07) is 0. The number of thioether (sulfide) groups is 1. The zero-order valence-corrected chi connectivity index (χ0v) is 9.28. The van der Waals surface area contributed by atoms with Crippen LogP contribution < -0.4 is 5.32 Å². The molecule has 0 saturated carbocycles. The maximum atomic E-state index is 9.03. The Morgan fingerprint density at radius 1 is 1.62 bits per heavy atom. The first kappa shape index (κ1) is 11.3. The van der Waals surface area contributed by atoms with E-state index in [1.165, 1.54) is 24.5 Å². The van der Waals surface area contributed by atoms with Gasteiger partial charge in [0.2, 0.25) is 0 Å². The molecule has 1 aliphatic rings. The van der Waals surface area contributed by atoms with Crippen LogP contribution >= 0.6 is 11.8 Å². The number of hydrogen-bond donors (Lipinski definition) is 2. The van der Waals surface area contributed by atoms with E-state index in [1.807, 2.05) is 6.92 Å². The SMILES string of the molecule is CC(O)CCCNCC1CCSC1. The van der Waals surface area contributed by atoms with Gasteiger partial charge in [0.1, 0.15) is 0 Å². The molecule has 0 aromatic rings. The predicted molar refractivity (Wildman–Crippen MR) is 59.2 cm³/mol. The number of nitrogens with one attached hydrogen (secondary N) is 1. The molecule has 1 saturated heterocycles. The van der Waals surface area contributed by atoms with Crippen molar-refractivity contribution in [3.8, 4) is 0 Å². The first-order chi connectivity index (χ1) is 6.29. The number of aliphatic hydroxyl groups is 1. The van der Waals surface area contributed by atoms with Crippen LogP contribution in [0.15, 0.2) is 0 Å². The highest BCUT2D eigenvalue weighted by molar-refractivity contribution is 7.99. The van der Waals surface area contributed by atoms with Crippen molar-refractivity contribution in [1.82, 2.24) is 5.32 Å². The van der Waals surface area contributed by atoms with Crippen molar-refractivity contribution < 1.29 is 5.11 Å². The van der Waals surface area contributed by atoms with Crippen LogP contribution in [0.5, 0.6) is 0 Å². The molecule has 2 unspecified atom stereocenters. The Balaban J connectivity index is 1.83. The molecule has 3 heteroatoms. The number of aliphatic hydroxyl groups excluding tert-OH is 1. The van der Waals surface area contributed by atoms with Crippen molar-refractivity contribution in [2.75, 3.05) is 24.6 Å². The minimum atomic E-state index is -0.135. The van der Waals surface area contributed by atoms with E-state index in [-0.39, 0.29) is 6.10 Å². The lowest BCUT2D eigenvalue weighted by Crippen LogP contribution is -2.24. The van der Waals surface area contributed by atoms with Gasteiger partial charge in [0.15, 0.2) is 0 Å². The van der Waals surface area contributed by atoms with Crippen LogP contribution in [0.1, 0.15) is 26.2 Å². The third kappa shape index (κ3) is 5.55. The Kier molecular flexibility index (Phi) is 5.83. The summed E-state index contributed by atoms with van der Waals surface area (Å²) < 4.78 is 0. The summed E-state index contributed by atoms with van der Waals surface area (Å²) in [5.41, 5.74) is 0. The average Bonchev–Trinajstić information content (AvgIpc) is 2.55. The van der Waals surface area contributed by atoms with E-state index in [1.54, 1.807) is 0 Å². The molecule has 78 valence electrons. The van der Waals surface area contributed by atoms with Crippen LogP contribution in [0.4, 0.5) is 0 Å². The van der Waals surface area contributed by atoms with Crippen LogP contribution in [-0.2, 0) is 0 Å². The van der Waals surface area contributed by atoms with Gasteiger partial charge in [-0.25, -0.2) is 0 Å². The van der Waals surface area contributed by atoms with Gasteiger partial charge in [0, 0.05) is 0 Å². The molecule has 13 heavy (non-hydrogen) atoms. The molecule has 0 aliphatic carbocycles. The summed E-state index contributed by atoms with van der Waals surface area (Å²) in [6.07, 6.45) is 3.27. The monoisotopic (exact) mass is 203 g/mol. The fourth-order valence-corrected chi connectivity index (χ4v) is 2.86. The van der Waals surface area contributed by atoms with Crippen molar-refractivity contribution in [1.29, 1.82) is 0 Å². The third-order valence-electron chi connectivity index (χ3n) is 2.43. The van der Waals surface area contributed by atoms with Crippen LogP contribution in [0.3, 0.4) is 0 Å². The zero-order chi connectivity index (χ0) is 9.52. The highest BCUT2D eigenvalue weighted by atomic mass is 32.2. The minimum absolute atomic E-state index is 0.135. The molecule has 1 rings (SSSR count). The molecular formula is C10H21NOS. The van der Waals surface area contributed by atoms with Crippen molar-refractivity contribution >= 4 is 11.8 Å². The smallest absolute Gasteiger partial charge is 0.0512 e. The Morgan fingerprint density at radius 3 is 3.08 bits per heavy atom. The first-order valence-corrected chi connectivity index (χ1v) is 6.41. The lowest BCUT2D eigenvalue weighted by Gasteiger charge is -2.10. The maximum Gasteiger partial charge on any atom is 0.0512 e. The van der Waals surface area contributed by atoms with Gasteiger partial charge in [-0.3, -0.25) is 0 Å². The summed E-state index contributed by atoms with van der Waals surface area (Å²) in [7, 11) is 0. The second kappa shape index (κ2) is 6.68. The predicted octanol–water partition coefficient (Wildman–Crippen LogP) is 1.49. The normalized spacial score (nSPS) is 24.9. The molecule has 0 spiro atoms. The summed E-state index contributed by atoms with van der Waals surface area (Å²) in [4.78, 5) is 0. The van der Waals surface area contributed by atoms with Crippen LogP contribution in [0.2, 0.25) is 0 Å². The largest absolute Gasteiger partial charge is 0.393 e. The second-order valence-corrected chi connectivity index (χ2v) is 5.07. The van der Waals surface area contributed by atoms with Crippen molar-refractivity contribution in [3.05, 3.63) is 0 Å². The molecular weight excluding hydrogens is 182 g/mol. The molecule has 0 amide bonds. The van der Waals surface area contributed by atoms with Crippen molar-refractivity contribution in [2.45, 2.75) is 32.3 Å². The van der Waals surface area contributed by atoms with Crippen molar-refractivity contribution in [2.24, 2.45) is 5.92 Å². The van der Waals surface area contributed by atoms with Gasteiger partial charge in [0.25, 0.3) is 0 Å². The molecule has 0 radical (unpaired) electrons. The van der Waals surface area contributed by atoms with E-state index in [2.05, 4.69) is 17.1 Å². The van der Waals surface area contributed by atoms with Gasteiger partial charge in [-0.15, -0.1) is 0 Å². The van der Waals surface area contributed by atoms with Gasteiger partial charge in [-0.1, -0.05) is 0 Å². The molecule has 2 N–H and O–H groups in total. The van der Waals surface area contributed by atoms with E-state index in [4.69, 9.17) is 5.11 Å². The maximum absolute atomic E-state index is 9.03. The third-order valence-corrected chi connectivity index (χ3v) is 3.66. The van der Waals surface area contributed by atoms with Crippen LogP contribution in [0.25, 0.3) is 0 Å². The Morgan fingerprint density at radius 2 is 2.46 bits per heavy atom. The van der Waals surface area contributed by atoms with Crippen LogP contribution in [0, 0.1) is 5.92 Å². The van der Waals surface area contributed by atoms with Crippen molar-refractivity contribution in [3.63, 3.8) is 0 Å². The fraction of sp³-hybridized carbons (Fsp3) is 1.00. The topological polar surface area (TPSA) is 32.3 Å². The molecule has 0 aromatic carbocycles. The molecule has 1 heterocycles. The Bertz CT molecular complexity index is 124. The summed E-state index contributed by atoms with van der Waals surface area (Å²) >= 11 is 2.07. The summed E-state index contributed by atoms with van der Waals surface area (Å²) in [5.74, 6) is 3.58. The highest BCUT2D eigenvalue weighted by Crippen LogP contribution is 2.22. The van der Waals surface area contributed by atoms with Crippen LogP contribution in [-0.4, -0.2) is 35.8 Å². The van der Waals surface area contributed by atoms with E-state index in [0.717, 1.165) is 25.3 Å². The highest BCUT2D eigenvalue weighted by Gasteiger charge is 2.14. The van der Waals surface area contributed by atoms with Gasteiger partial charge in [-0.2, -0.15) is 11.8 Å². The first-order valence-electron chi connectivity index (χ1n) is 5.25. The second-order valence-electron chi connectivity index (χ2n) is 3.92. The van der Waals surface area contributed by atoms with E-state index in [9.17, 15) is 0 Å². The van der Waals surface area contributed by atoms with Gasteiger partial charge in [0.05, 0.1) is 6.10 Å². The van der Waals surface area contributed by atoms with Gasteiger partial charge in [-0.05, 0) is 56.7 Å². The van der Waals surface area contributed by atoms with Gasteiger partial charge < -0.3 is 10.4 Å². The standard InChI is InChI=1S/C10H21NOS/c1-9(12)3-2-5-11-7-10-4-6-13-8-10/h9-12H,2-8H2,1H3. The molecule has 0 bridgehead atoms. The molecule has 2 nitrogen and oxygen atoms in total. The number of hydrogen-bond acceptors (Lipinski definition) is 3. The quantitative estimate of drug-likeness (QED) is 0.642. The zero-order valence-electron chi connectivity index (χ0n) is 8.46. The molecule has 0 aromatic heterocycles. The Hall–Kier alpha value is 0.270. The molecule has 2 atom stereocenters. The molecule has 1 fully saturated rings. The van der Waals surface area contributed by atoms with E-state index in [0.29, 0.717) is 0 Å². The molecule has 1 aliphatic heterocycles. The average molecular weight is 203 g/mol. The fourth-order valence-electron chi connectivity index (χ4n) is 1.57. The number of rotatable bonds is 6. The van der Waals surface area contributed by atoms with Gasteiger partial charge >= 0.3 is 0 Å². The lowest BCUT2D eigenvalue weighted by atomic mass is 10.1. The summed E-state index contributed by atoms with van der Waals surface area (Å²) in [6.45, 7) is 4.09. The minimum Gasteiger partial charge on any atom is -0.393 e. The van der Waals surface area contributed by atoms with E-state index < -0.39 is 0 Å². The summed E-state index contributed by atoms with van der Waals surface area (Å²) in [5, 5.41) is 12.5. The lowest BCUT2D eigenvalue weighted by molar-refractivity contribution is 0.181.